The molecule has 24 heavy (non-hydrogen) atoms. The Bertz CT molecular complexity index is 642. The summed E-state index contributed by atoms with van der Waals surface area (Å²) < 4.78 is 10.5. The maximum Gasteiger partial charge on any atom is 0.227 e. The van der Waals surface area contributed by atoms with Crippen LogP contribution in [0.25, 0.3) is 0 Å². The number of hydrogen-bond donors (Lipinski definition) is 1. The molecule has 130 valence electrons. The molecule has 1 aliphatic carbocycles. The van der Waals surface area contributed by atoms with Crippen LogP contribution in [0.1, 0.15) is 26.2 Å². The second-order valence-corrected chi connectivity index (χ2v) is 6.58. The Morgan fingerprint density at radius 3 is 2.58 bits per heavy atom. The third kappa shape index (κ3) is 3.32. The van der Waals surface area contributed by atoms with E-state index in [0.29, 0.717) is 24.0 Å². The van der Waals surface area contributed by atoms with Crippen LogP contribution in [0.15, 0.2) is 18.2 Å². The van der Waals surface area contributed by atoms with Crippen LogP contribution in [0.3, 0.4) is 0 Å². The first-order valence-electron chi connectivity index (χ1n) is 8.36. The van der Waals surface area contributed by atoms with Gasteiger partial charge < -0.3 is 19.7 Å². The fourth-order valence-corrected chi connectivity index (χ4v) is 3.18. The molecule has 6 nitrogen and oxygen atoms in total. The van der Waals surface area contributed by atoms with E-state index in [1.807, 2.05) is 13.0 Å². The van der Waals surface area contributed by atoms with Gasteiger partial charge in [-0.05, 0) is 37.8 Å². The highest BCUT2D eigenvalue weighted by Crippen LogP contribution is 2.35. The number of rotatable bonds is 6. The number of anilines is 1. The Balaban J connectivity index is 1.69. The van der Waals surface area contributed by atoms with Gasteiger partial charge in [-0.1, -0.05) is 0 Å². The van der Waals surface area contributed by atoms with Gasteiger partial charge in [-0.25, -0.2) is 0 Å². The van der Waals surface area contributed by atoms with E-state index in [4.69, 9.17) is 9.47 Å². The Kier molecular flexibility index (Phi) is 4.64. The van der Waals surface area contributed by atoms with Crippen LogP contribution >= 0.6 is 0 Å². The van der Waals surface area contributed by atoms with E-state index < -0.39 is 0 Å². The zero-order valence-corrected chi connectivity index (χ0v) is 14.4. The minimum Gasteiger partial charge on any atom is -0.493 e. The minimum atomic E-state index is -0.299. The van der Waals surface area contributed by atoms with Crippen molar-refractivity contribution in [2.75, 3.05) is 25.7 Å². The number of nitrogens with one attached hydrogen (secondary N) is 1. The lowest BCUT2D eigenvalue weighted by Crippen LogP contribution is -2.39. The molecule has 1 aromatic carbocycles. The van der Waals surface area contributed by atoms with Gasteiger partial charge in [0.05, 0.1) is 20.1 Å². The Labute approximate surface area is 142 Å². The predicted molar refractivity (Wildman–Crippen MR) is 90.3 cm³/mol. The van der Waals surface area contributed by atoms with Gasteiger partial charge in [0.2, 0.25) is 11.8 Å². The quantitative estimate of drug-likeness (QED) is 0.865. The van der Waals surface area contributed by atoms with Crippen molar-refractivity contribution in [3.8, 4) is 11.5 Å². The van der Waals surface area contributed by atoms with Crippen molar-refractivity contribution < 1.29 is 19.1 Å². The molecule has 1 aliphatic heterocycles. The Hall–Kier alpha value is -2.24. The van der Waals surface area contributed by atoms with Crippen molar-refractivity contribution in [2.24, 2.45) is 11.8 Å². The van der Waals surface area contributed by atoms with Gasteiger partial charge in [0.25, 0.3) is 0 Å². The van der Waals surface area contributed by atoms with E-state index in [2.05, 4.69) is 5.32 Å². The molecule has 1 saturated heterocycles. The monoisotopic (exact) mass is 332 g/mol. The molecule has 3 rings (SSSR count). The van der Waals surface area contributed by atoms with Crippen LogP contribution in [0.4, 0.5) is 5.69 Å². The normalized spacial score (nSPS) is 21.5. The maximum absolute atomic E-state index is 12.4. The highest BCUT2D eigenvalue weighted by atomic mass is 16.5. The van der Waals surface area contributed by atoms with E-state index in [1.165, 1.54) is 12.8 Å². The van der Waals surface area contributed by atoms with Crippen LogP contribution in [0.5, 0.6) is 11.5 Å². The lowest BCUT2D eigenvalue weighted by Gasteiger charge is -2.19. The Morgan fingerprint density at radius 1 is 1.25 bits per heavy atom. The van der Waals surface area contributed by atoms with Gasteiger partial charge in [-0.15, -0.1) is 0 Å². The van der Waals surface area contributed by atoms with Crippen molar-refractivity contribution in [1.29, 1.82) is 0 Å². The Morgan fingerprint density at radius 2 is 1.96 bits per heavy atom. The largest absolute Gasteiger partial charge is 0.493 e. The fraction of sp³-hybridized carbons (Fsp3) is 0.556. The molecule has 2 aliphatic rings. The van der Waals surface area contributed by atoms with Gasteiger partial charge in [0.1, 0.15) is 0 Å². The molecule has 1 N–H and O–H groups in total. The van der Waals surface area contributed by atoms with Gasteiger partial charge in [-0.3, -0.25) is 9.59 Å². The van der Waals surface area contributed by atoms with Gasteiger partial charge in [-0.2, -0.15) is 0 Å². The van der Waals surface area contributed by atoms with E-state index in [-0.39, 0.29) is 30.2 Å². The van der Waals surface area contributed by atoms with Crippen LogP contribution in [-0.2, 0) is 9.59 Å². The molecule has 0 unspecified atom stereocenters. The summed E-state index contributed by atoms with van der Waals surface area (Å²) in [7, 11) is 3.13. The first-order valence-corrected chi connectivity index (χ1v) is 8.36. The van der Waals surface area contributed by atoms with Crippen molar-refractivity contribution in [2.45, 2.75) is 32.2 Å². The molecule has 2 fully saturated rings. The van der Waals surface area contributed by atoms with Crippen LogP contribution < -0.4 is 19.7 Å². The molecule has 0 radical (unpaired) electrons. The third-order valence-corrected chi connectivity index (χ3v) is 4.87. The van der Waals surface area contributed by atoms with E-state index in [9.17, 15) is 9.59 Å². The number of benzene rings is 1. The summed E-state index contributed by atoms with van der Waals surface area (Å²) in [5.74, 6) is 1.42. The number of carbonyl (C=O) groups excluding carboxylic acids is 2. The molecule has 1 heterocycles. The molecule has 0 bridgehead atoms. The molecule has 2 atom stereocenters. The average molecular weight is 332 g/mol. The number of nitrogens with zero attached hydrogens (tertiary/aromatic N) is 1. The second-order valence-electron chi connectivity index (χ2n) is 6.58. The summed E-state index contributed by atoms with van der Waals surface area (Å²) in [5.41, 5.74) is 0.725. The van der Waals surface area contributed by atoms with Crippen molar-refractivity contribution in [1.82, 2.24) is 5.32 Å². The standard InChI is InChI=1S/C18H24N2O4/c1-11(12-4-5-12)19-18(22)13-8-17(21)20(10-13)14-6-7-15(23-2)16(9-14)24-3/h6-7,9,11-13H,4-5,8,10H2,1-3H3,(H,19,22)/t11-,13+/m1/s1. The molecular weight excluding hydrogens is 308 g/mol. The molecule has 1 saturated carbocycles. The SMILES string of the molecule is COc1ccc(N2C[C@@H](C(=O)N[C@H](C)C3CC3)CC2=O)cc1OC. The summed E-state index contributed by atoms with van der Waals surface area (Å²) in [6, 6.07) is 5.54. The number of hydrogen-bond acceptors (Lipinski definition) is 4. The van der Waals surface area contributed by atoms with Gasteiger partial charge in [0, 0.05) is 30.8 Å². The molecular formula is C18H24N2O4. The summed E-state index contributed by atoms with van der Waals surface area (Å²) >= 11 is 0. The molecule has 6 heteroatoms. The number of carbonyl (C=O) groups is 2. The van der Waals surface area contributed by atoms with Crippen LogP contribution in [0.2, 0.25) is 0 Å². The lowest BCUT2D eigenvalue weighted by molar-refractivity contribution is -0.127. The molecule has 2 amide bonds. The number of ether oxygens (including phenoxy) is 2. The zero-order valence-electron chi connectivity index (χ0n) is 14.4. The van der Waals surface area contributed by atoms with Gasteiger partial charge in [0.15, 0.2) is 11.5 Å². The van der Waals surface area contributed by atoms with E-state index >= 15 is 0 Å². The molecule has 0 spiro atoms. The highest BCUT2D eigenvalue weighted by molar-refractivity contribution is 6.00. The van der Waals surface area contributed by atoms with Crippen LogP contribution in [-0.4, -0.2) is 38.6 Å². The smallest absolute Gasteiger partial charge is 0.227 e. The van der Waals surface area contributed by atoms with Crippen molar-refractivity contribution in [3.05, 3.63) is 18.2 Å². The summed E-state index contributed by atoms with van der Waals surface area (Å²) in [5, 5.41) is 3.05. The summed E-state index contributed by atoms with van der Waals surface area (Å²) in [6.45, 7) is 2.44. The van der Waals surface area contributed by atoms with Crippen LogP contribution in [0, 0.1) is 11.8 Å². The minimum absolute atomic E-state index is 0.0225. The number of methoxy groups -OCH3 is 2. The average Bonchev–Trinajstić information content (AvgIpc) is 3.36. The predicted octanol–water partition coefficient (Wildman–Crippen LogP) is 1.97. The fourth-order valence-electron chi connectivity index (χ4n) is 3.18. The van der Waals surface area contributed by atoms with Crippen molar-refractivity contribution in [3.63, 3.8) is 0 Å². The number of amides is 2. The van der Waals surface area contributed by atoms with E-state index in [0.717, 1.165) is 5.69 Å². The first kappa shape index (κ1) is 16.6. The summed E-state index contributed by atoms with van der Waals surface area (Å²) in [4.78, 5) is 26.4. The van der Waals surface area contributed by atoms with Gasteiger partial charge >= 0.3 is 0 Å². The lowest BCUT2D eigenvalue weighted by atomic mass is 10.1. The molecule has 0 aromatic heterocycles. The van der Waals surface area contributed by atoms with E-state index in [1.54, 1.807) is 31.3 Å². The second kappa shape index (κ2) is 6.71. The highest BCUT2D eigenvalue weighted by Gasteiger charge is 2.37. The summed E-state index contributed by atoms with van der Waals surface area (Å²) in [6.07, 6.45) is 2.61. The zero-order chi connectivity index (χ0) is 17.3. The molecule has 1 aromatic rings. The first-order chi connectivity index (χ1) is 11.5. The third-order valence-electron chi connectivity index (χ3n) is 4.87. The topological polar surface area (TPSA) is 67.9 Å². The van der Waals surface area contributed by atoms with Crippen molar-refractivity contribution >= 4 is 17.5 Å². The maximum atomic E-state index is 12.4.